The van der Waals surface area contributed by atoms with E-state index in [-0.39, 0.29) is 0 Å². The van der Waals surface area contributed by atoms with Crippen LogP contribution in [0.1, 0.15) is 40.6 Å². The first-order valence-corrected chi connectivity index (χ1v) is 10.5. The molecule has 2 heterocycles. The Bertz CT molecular complexity index is 1070. The maximum absolute atomic E-state index is 12.8. The molecule has 0 spiro atoms. The van der Waals surface area contributed by atoms with Gasteiger partial charge in [-0.1, -0.05) is 17.7 Å². The highest BCUT2D eigenvalue weighted by molar-refractivity contribution is 8.18. The van der Waals surface area contributed by atoms with E-state index in [1.165, 1.54) is 30.7 Å². The number of aryl methyl sites for hydroxylation is 4. The normalized spacial score (nSPS) is 16.5. The number of aromatic nitrogens is 1. The number of esters is 1. The van der Waals surface area contributed by atoms with E-state index in [2.05, 4.69) is 42.2 Å². The predicted octanol–water partition coefficient (Wildman–Crippen LogP) is 4.62. The molecule has 1 fully saturated rings. The first-order valence-electron chi connectivity index (χ1n) is 9.68. The Hall–Kier alpha value is -2.80. The molecule has 0 unspecified atom stereocenters. The highest BCUT2D eigenvalue weighted by atomic mass is 32.2. The van der Waals surface area contributed by atoms with Gasteiger partial charge in [-0.15, -0.1) is 0 Å². The van der Waals surface area contributed by atoms with Gasteiger partial charge in [0.25, 0.3) is 11.1 Å². The third-order valence-corrected chi connectivity index (χ3v) is 6.25. The van der Waals surface area contributed by atoms with Gasteiger partial charge in [-0.3, -0.25) is 14.5 Å². The molecule has 1 aromatic heterocycles. The minimum absolute atomic E-state index is 0.299. The highest BCUT2D eigenvalue weighted by Crippen LogP contribution is 2.35. The fourth-order valence-electron chi connectivity index (χ4n) is 4.03. The molecule has 3 rings (SSSR count). The molecule has 0 bridgehead atoms. The number of hydrogen-bond donors (Lipinski definition) is 0. The van der Waals surface area contributed by atoms with Gasteiger partial charge in [0, 0.05) is 11.4 Å². The summed E-state index contributed by atoms with van der Waals surface area (Å²) in [5.74, 6) is -1.10. The number of hydrogen-bond acceptors (Lipinski definition) is 5. The molecule has 7 heteroatoms. The zero-order valence-corrected chi connectivity index (χ0v) is 19.1. The Morgan fingerprint density at radius 2 is 1.67 bits per heavy atom. The smallest absolute Gasteiger partial charge is 0.328 e. The lowest BCUT2D eigenvalue weighted by atomic mass is 10.0. The van der Waals surface area contributed by atoms with E-state index in [0.29, 0.717) is 4.91 Å². The van der Waals surface area contributed by atoms with E-state index in [1.807, 2.05) is 19.9 Å². The summed E-state index contributed by atoms with van der Waals surface area (Å²) in [7, 11) is 1.23. The molecule has 1 aromatic carbocycles. The van der Waals surface area contributed by atoms with Crippen molar-refractivity contribution in [3.63, 3.8) is 0 Å². The summed E-state index contributed by atoms with van der Waals surface area (Å²) >= 11 is 0.842. The maximum Gasteiger partial charge on any atom is 0.328 e. The van der Waals surface area contributed by atoms with Crippen molar-refractivity contribution in [1.82, 2.24) is 9.47 Å². The van der Waals surface area contributed by atoms with Crippen LogP contribution in [0.5, 0.6) is 0 Å². The van der Waals surface area contributed by atoms with Gasteiger partial charge in [-0.05, 0) is 82.1 Å². The van der Waals surface area contributed by atoms with Crippen molar-refractivity contribution < 1.29 is 19.1 Å². The van der Waals surface area contributed by atoms with Crippen molar-refractivity contribution in [2.45, 2.75) is 47.6 Å². The van der Waals surface area contributed by atoms with Crippen molar-refractivity contribution in [1.29, 1.82) is 0 Å². The molecule has 1 aliphatic heterocycles. The molecule has 0 saturated carbocycles. The Morgan fingerprint density at radius 1 is 1.07 bits per heavy atom. The van der Waals surface area contributed by atoms with Gasteiger partial charge >= 0.3 is 5.97 Å². The monoisotopic (exact) mass is 426 g/mol. The number of rotatable bonds is 4. The van der Waals surface area contributed by atoms with Crippen LogP contribution in [0.15, 0.2) is 23.1 Å². The van der Waals surface area contributed by atoms with Crippen molar-refractivity contribution in [2.24, 2.45) is 0 Å². The summed E-state index contributed by atoms with van der Waals surface area (Å²) in [5, 5.41) is -0.469. The largest absolute Gasteiger partial charge is 0.467 e. The maximum atomic E-state index is 12.8. The van der Waals surface area contributed by atoms with E-state index in [0.717, 1.165) is 39.3 Å². The van der Waals surface area contributed by atoms with Crippen LogP contribution in [0.3, 0.4) is 0 Å². The first kappa shape index (κ1) is 21.9. The summed E-state index contributed by atoms with van der Waals surface area (Å²) in [6.07, 6.45) is 1.73. The van der Waals surface area contributed by atoms with Crippen LogP contribution in [-0.4, -0.2) is 39.7 Å². The summed E-state index contributed by atoms with van der Waals surface area (Å²) in [6, 6.07) is 5.35. The first-order chi connectivity index (χ1) is 14.1. The number of carbonyl (C=O) groups is 3. The average molecular weight is 427 g/mol. The molecule has 1 aliphatic rings. The molecule has 6 nitrogen and oxygen atoms in total. The molecule has 1 atom stereocenters. The number of nitrogens with zero attached hydrogens (tertiary/aromatic N) is 2. The molecule has 2 amide bonds. The minimum Gasteiger partial charge on any atom is -0.467 e. The zero-order valence-electron chi connectivity index (χ0n) is 18.3. The number of methoxy groups -OCH3 is 1. The van der Waals surface area contributed by atoms with Crippen LogP contribution in [0.4, 0.5) is 4.79 Å². The van der Waals surface area contributed by atoms with Gasteiger partial charge < -0.3 is 9.30 Å². The van der Waals surface area contributed by atoms with E-state index < -0.39 is 23.2 Å². The van der Waals surface area contributed by atoms with Crippen LogP contribution >= 0.6 is 11.8 Å². The van der Waals surface area contributed by atoms with Crippen LogP contribution in [0, 0.1) is 34.6 Å². The van der Waals surface area contributed by atoms with Crippen LogP contribution < -0.4 is 0 Å². The second-order valence-electron chi connectivity index (χ2n) is 7.66. The van der Waals surface area contributed by atoms with E-state index in [9.17, 15) is 14.4 Å². The molecular formula is C23H26N2O4S. The number of ether oxygens (including phenoxy) is 1. The van der Waals surface area contributed by atoms with Gasteiger partial charge in [0.2, 0.25) is 0 Å². The quantitative estimate of drug-likeness (QED) is 0.527. The molecule has 0 N–H and O–H groups in total. The molecule has 2 aromatic rings. The summed E-state index contributed by atoms with van der Waals surface area (Å²) in [5.41, 5.74) is 7.57. The lowest BCUT2D eigenvalue weighted by molar-refractivity contribution is -0.148. The van der Waals surface area contributed by atoms with Crippen LogP contribution in [0.25, 0.3) is 11.8 Å². The number of benzene rings is 1. The predicted molar refractivity (Wildman–Crippen MR) is 119 cm³/mol. The summed E-state index contributed by atoms with van der Waals surface area (Å²) in [4.78, 5) is 38.2. The van der Waals surface area contributed by atoms with Crippen LogP contribution in [0.2, 0.25) is 0 Å². The Kier molecular flexibility index (Phi) is 5.94. The second kappa shape index (κ2) is 8.14. The SMILES string of the molecule is COC(=O)[C@H](C)N1C(=O)S/C(=C/c2cc(C)n(-c3c(C)cc(C)cc3C)c2C)C1=O. The van der Waals surface area contributed by atoms with Gasteiger partial charge in [0.05, 0.1) is 17.7 Å². The molecule has 30 heavy (non-hydrogen) atoms. The Morgan fingerprint density at radius 3 is 2.23 bits per heavy atom. The third kappa shape index (κ3) is 3.69. The third-order valence-electron chi connectivity index (χ3n) is 5.37. The Labute approximate surface area is 180 Å². The highest BCUT2D eigenvalue weighted by Gasteiger charge is 2.41. The Balaban J connectivity index is 2.03. The van der Waals surface area contributed by atoms with Crippen LogP contribution in [-0.2, 0) is 14.3 Å². The number of imide groups is 1. The van der Waals surface area contributed by atoms with Gasteiger partial charge in [-0.2, -0.15) is 0 Å². The second-order valence-corrected chi connectivity index (χ2v) is 8.65. The van der Waals surface area contributed by atoms with Gasteiger partial charge in [0.15, 0.2) is 0 Å². The number of carbonyl (C=O) groups excluding carboxylic acids is 3. The van der Waals surface area contributed by atoms with Crippen molar-refractivity contribution in [2.75, 3.05) is 7.11 Å². The molecule has 0 aliphatic carbocycles. The lowest BCUT2D eigenvalue weighted by Gasteiger charge is -2.18. The van der Waals surface area contributed by atoms with Crippen molar-refractivity contribution >= 4 is 35.0 Å². The van der Waals surface area contributed by atoms with Crippen molar-refractivity contribution in [3.05, 3.63) is 56.7 Å². The fourth-order valence-corrected chi connectivity index (χ4v) is 4.93. The van der Waals surface area contributed by atoms with Gasteiger partial charge in [-0.25, -0.2) is 4.79 Å². The number of amides is 2. The molecule has 1 saturated heterocycles. The van der Waals surface area contributed by atoms with E-state index >= 15 is 0 Å². The molecular weight excluding hydrogens is 400 g/mol. The topological polar surface area (TPSA) is 68.6 Å². The average Bonchev–Trinajstić information content (AvgIpc) is 3.09. The molecule has 158 valence electrons. The number of thioether (sulfide) groups is 1. The molecule has 0 radical (unpaired) electrons. The summed E-state index contributed by atoms with van der Waals surface area (Å²) in [6.45, 7) is 11.8. The zero-order chi connectivity index (χ0) is 22.3. The lowest BCUT2D eigenvalue weighted by Crippen LogP contribution is -2.42. The van der Waals surface area contributed by atoms with Crippen molar-refractivity contribution in [3.8, 4) is 5.69 Å². The van der Waals surface area contributed by atoms with Gasteiger partial charge in [0.1, 0.15) is 6.04 Å². The standard InChI is InChI=1S/C23H26N2O4S/c1-12-8-13(2)20(14(3)9-12)24-15(4)10-18(16(24)5)11-19-21(26)25(23(28)30-19)17(6)22(27)29-7/h8-11,17H,1-7H3/b19-11+/t17-/m0/s1. The summed E-state index contributed by atoms with van der Waals surface area (Å²) < 4.78 is 6.85. The minimum atomic E-state index is -0.960. The van der Waals surface area contributed by atoms with E-state index in [1.54, 1.807) is 6.08 Å². The fraction of sp³-hybridized carbons (Fsp3) is 0.348. The van der Waals surface area contributed by atoms with E-state index in [4.69, 9.17) is 0 Å².